The molecule has 2 aliphatic heterocycles. The first-order chi connectivity index (χ1) is 39.3. The van der Waals surface area contributed by atoms with Gasteiger partial charge in [0.15, 0.2) is 17.5 Å². The van der Waals surface area contributed by atoms with Crippen molar-refractivity contribution in [2.24, 2.45) is 5.92 Å². The van der Waals surface area contributed by atoms with Gasteiger partial charge >= 0.3 is 29.8 Å². The number of anilines is 5. The fourth-order valence-corrected chi connectivity index (χ4v) is 14.7. The summed E-state index contributed by atoms with van der Waals surface area (Å²) in [4.78, 5) is 120. The third-order valence-electron chi connectivity index (χ3n) is 9.46. The Morgan fingerprint density at radius 3 is 1.77 bits per heavy atom. The lowest BCUT2D eigenvalue weighted by atomic mass is 9.98. The Morgan fingerprint density at radius 2 is 1.22 bits per heavy atom. The zero-order valence-electron chi connectivity index (χ0n) is 42.6. The maximum atomic E-state index is 12.0. The standard InChI is InChI=1S/C11H12BrNO5S.C10H8BrNO4S.C7H2BrCl2NS.C7H4BrNO2S.C6H6BrNO2S.C6H7NO2S.Br2/c1-3-18-8(15)4-7(14)13-9-6(12)5-19-10(9)11(16)17-2;1-2-16-10(15)5-7(13)8-6(12-9(5)14)4(11)3-17-8;8-3-2-12-7-4(9)1-5(10)11-6(3)7;8-3-2-12-7-4(10)1-5(11)9-6(3)7;1-10-6(9)5-4(8)3(7)2-11-5;1-9-6(8)5-4(7)2-3-10-5;1-2/h5H,3-4H2,1-2H3,(H,13,14);3,5H,2H2,1H3,(H,12,14);1-2H;2H,1H2,(H,9,11);2H,8H2,1H3;2-3H,7H2,1H3;. The number of carbonyl (C=O) groups excluding carboxylic acids is 10. The number of nitrogens with zero attached hydrogens (tertiary/aromatic N) is 1. The number of hydrogen-bond donors (Lipinski definition) is 5. The number of fused-ring (bicyclic) bond motifs is 3. The number of hydrogen-bond acceptors (Lipinski definition) is 24. The molecule has 0 fully saturated rings. The molecule has 1 unspecified atom stereocenters. The summed E-state index contributed by atoms with van der Waals surface area (Å²) in [7, 11) is 3.91. The summed E-state index contributed by atoms with van der Waals surface area (Å²) in [6, 6.07) is 3.32. The minimum Gasteiger partial charge on any atom is -0.466 e. The minimum atomic E-state index is -1.38. The van der Waals surface area contributed by atoms with Crippen LogP contribution in [0.4, 0.5) is 28.4 Å². The van der Waals surface area contributed by atoms with Crippen LogP contribution in [-0.4, -0.2) is 98.7 Å². The summed E-state index contributed by atoms with van der Waals surface area (Å²) in [5.74, 6) is -6.13. The van der Waals surface area contributed by atoms with Crippen LogP contribution in [0.3, 0.4) is 0 Å². The lowest BCUT2D eigenvalue weighted by molar-refractivity contribution is -0.149. The maximum Gasteiger partial charge on any atom is 0.350 e. The summed E-state index contributed by atoms with van der Waals surface area (Å²) in [6.45, 7) is 3.62. The fraction of sp³-hybridized carbons (Fsp3) is 0.213. The van der Waals surface area contributed by atoms with E-state index >= 15 is 0 Å². The van der Waals surface area contributed by atoms with Crippen molar-refractivity contribution in [1.29, 1.82) is 0 Å². The number of Topliss-reactive ketones (excluding diaryl/α,β-unsaturated/α-hetero) is 2. The molecule has 0 saturated carbocycles. The van der Waals surface area contributed by atoms with Gasteiger partial charge in [0.2, 0.25) is 17.7 Å². The van der Waals surface area contributed by atoms with E-state index in [-0.39, 0.29) is 42.2 Å². The molecule has 446 valence electrons. The van der Waals surface area contributed by atoms with Crippen LogP contribution >= 0.6 is 199 Å². The normalized spacial score (nSPS) is 12.4. The minimum absolute atomic E-state index is 0.0278. The Labute approximate surface area is 563 Å². The van der Waals surface area contributed by atoms with E-state index in [0.717, 1.165) is 35.0 Å². The molecule has 0 bridgehead atoms. The topological polar surface area (TPSA) is 318 Å². The van der Waals surface area contributed by atoms with E-state index in [1.165, 1.54) is 66.7 Å². The first-order valence-corrected chi connectivity index (χ1v) is 35.8. The number of aromatic nitrogens is 1. The number of ether oxygens (including phenoxy) is 5. The van der Waals surface area contributed by atoms with Gasteiger partial charge in [0.05, 0.1) is 117 Å². The second-order valence-corrected chi connectivity index (χ2v) is 25.2. The molecule has 3 amide bonds. The SMILES string of the molecule is BrBr.CCOC(=O)C1C(=O)Nc2c(Br)csc2C1=O.CCOC(=O)CC(=O)Nc1c(Br)csc1C(=O)OC.COC(=O)c1scc(Br)c1N.COC(=O)c1sccc1N.Clc1cc(Cl)c2scc(Br)c2n1.O=C1CC(=O)c2scc(Br)c2N1. The molecule has 0 aliphatic carbocycles. The van der Waals surface area contributed by atoms with Crippen LogP contribution < -0.4 is 27.4 Å². The summed E-state index contributed by atoms with van der Waals surface area (Å²) in [5, 5.41) is 19.3. The van der Waals surface area contributed by atoms with E-state index in [0.29, 0.717) is 67.1 Å². The molecule has 0 spiro atoms. The number of thiophene rings is 6. The van der Waals surface area contributed by atoms with Gasteiger partial charge in [0.25, 0.3) is 0 Å². The molecule has 7 aromatic rings. The van der Waals surface area contributed by atoms with Gasteiger partial charge < -0.3 is 51.1 Å². The first-order valence-electron chi connectivity index (χ1n) is 22.1. The van der Waals surface area contributed by atoms with Crippen LogP contribution in [0.2, 0.25) is 10.2 Å². The Morgan fingerprint density at radius 1 is 0.687 bits per heavy atom. The van der Waals surface area contributed by atoms with Crippen LogP contribution in [0.25, 0.3) is 10.2 Å². The number of methoxy groups -OCH3 is 3. The van der Waals surface area contributed by atoms with Crippen molar-refractivity contribution >= 4 is 297 Å². The number of rotatable bonds is 9. The monoisotopic (exact) mass is 1740 g/mol. The quantitative estimate of drug-likeness (QED) is 0.0388. The summed E-state index contributed by atoms with van der Waals surface area (Å²) in [5.41, 5.74) is 14.1. The van der Waals surface area contributed by atoms with Gasteiger partial charge in [-0.25, -0.2) is 19.4 Å². The Kier molecular flexibility index (Phi) is 32.2. The highest BCUT2D eigenvalue weighted by Crippen LogP contribution is 2.39. The molecule has 0 radical (unpaired) electrons. The maximum absolute atomic E-state index is 12.0. The predicted molar refractivity (Wildman–Crippen MR) is 351 cm³/mol. The number of nitrogens with two attached hydrogens (primary N) is 2. The van der Waals surface area contributed by atoms with Gasteiger partial charge in [-0.1, -0.05) is 23.2 Å². The van der Waals surface area contributed by atoms with Crippen LogP contribution in [0.1, 0.15) is 75.0 Å². The summed E-state index contributed by atoms with van der Waals surface area (Å²) in [6.07, 6.45) is -0.434. The largest absolute Gasteiger partial charge is 0.466 e. The molecule has 7 aromatic heterocycles. The average Bonchev–Trinajstić information content (AvgIpc) is 4.55. The van der Waals surface area contributed by atoms with Crippen molar-refractivity contribution in [3.05, 3.63) is 101 Å². The van der Waals surface area contributed by atoms with E-state index in [1.807, 2.05) is 5.38 Å². The van der Waals surface area contributed by atoms with Crippen molar-refractivity contribution in [2.45, 2.75) is 26.7 Å². The highest BCUT2D eigenvalue weighted by Gasteiger charge is 2.42. The van der Waals surface area contributed by atoms with Crippen molar-refractivity contribution in [3.8, 4) is 0 Å². The molecule has 9 heterocycles. The van der Waals surface area contributed by atoms with E-state index < -0.39 is 53.8 Å². The number of ketones is 2. The first kappa shape index (κ1) is 73.5. The van der Waals surface area contributed by atoms with E-state index in [4.69, 9.17) is 39.4 Å². The lowest BCUT2D eigenvalue weighted by Gasteiger charge is -2.19. The molecule has 36 heteroatoms. The predicted octanol–water partition coefficient (Wildman–Crippen LogP) is 15.1. The number of pyridine rings is 1. The average molecular weight is 1750 g/mol. The molecule has 2 aliphatic rings. The number of nitrogens with one attached hydrogen (secondary N) is 3. The Bertz CT molecular complexity index is 3510. The van der Waals surface area contributed by atoms with Crippen LogP contribution in [0.5, 0.6) is 0 Å². The molecular weight excluding hydrogens is 1710 g/mol. The Balaban J connectivity index is 0.000000263. The van der Waals surface area contributed by atoms with E-state index in [9.17, 15) is 47.9 Å². The molecular formula is C47H39Br7Cl2N6O15S6. The van der Waals surface area contributed by atoms with Gasteiger partial charge in [0, 0.05) is 55.2 Å². The Hall–Kier alpha value is -3.75. The molecule has 9 rings (SSSR count). The third kappa shape index (κ3) is 21.0. The molecule has 7 N–H and O–H groups in total. The fourth-order valence-electron chi connectivity index (χ4n) is 5.90. The van der Waals surface area contributed by atoms with Crippen molar-refractivity contribution < 1.29 is 71.6 Å². The molecule has 1 atom stereocenters. The van der Waals surface area contributed by atoms with Crippen molar-refractivity contribution in [3.63, 3.8) is 0 Å². The number of carbonyl (C=O) groups is 10. The van der Waals surface area contributed by atoms with Gasteiger partial charge in [-0.2, -0.15) is 0 Å². The molecule has 0 aromatic carbocycles. The summed E-state index contributed by atoms with van der Waals surface area (Å²) >= 11 is 41.2. The van der Waals surface area contributed by atoms with Crippen LogP contribution in [0, 0.1) is 5.92 Å². The number of halogens is 9. The smallest absolute Gasteiger partial charge is 0.350 e. The van der Waals surface area contributed by atoms with E-state index in [1.54, 1.807) is 64.2 Å². The zero-order valence-corrected chi connectivity index (χ0v) is 60.1. The number of nitrogen functional groups attached to an aromatic ring is 2. The van der Waals surface area contributed by atoms with Crippen molar-refractivity contribution in [2.75, 3.05) is 62.0 Å². The third-order valence-corrected chi connectivity index (χ3v) is 20.6. The van der Waals surface area contributed by atoms with Crippen LogP contribution in [0.15, 0.2) is 66.8 Å². The molecule has 83 heavy (non-hydrogen) atoms. The van der Waals surface area contributed by atoms with Gasteiger partial charge in [-0.05, 0) is 111 Å². The van der Waals surface area contributed by atoms with Gasteiger partial charge in [0.1, 0.15) is 26.2 Å². The highest BCUT2D eigenvalue weighted by molar-refractivity contribution is 9.93. The van der Waals surface area contributed by atoms with E-state index in [2.05, 4.69) is 148 Å². The highest BCUT2D eigenvalue weighted by atomic mass is 80.9. The van der Waals surface area contributed by atoms with Crippen LogP contribution in [-0.2, 0) is 47.7 Å². The zero-order chi connectivity index (χ0) is 62.4. The molecule has 0 saturated heterocycles. The number of esters is 5. The number of amides is 3. The second-order valence-electron chi connectivity index (χ2n) is 14.8. The van der Waals surface area contributed by atoms with Gasteiger partial charge in [-0.3, -0.25) is 33.6 Å². The molecule has 21 nitrogen and oxygen atoms in total. The lowest BCUT2D eigenvalue weighted by Crippen LogP contribution is -2.40. The van der Waals surface area contributed by atoms with Gasteiger partial charge in [-0.15, -0.1) is 68.0 Å². The summed E-state index contributed by atoms with van der Waals surface area (Å²) < 4.78 is 27.6. The second kappa shape index (κ2) is 36.4. The van der Waals surface area contributed by atoms with Crippen molar-refractivity contribution in [1.82, 2.24) is 4.98 Å².